The van der Waals surface area contributed by atoms with Crippen molar-refractivity contribution in [1.29, 1.82) is 0 Å². The average Bonchev–Trinajstić information content (AvgIpc) is 3.34. The molecular formula is C63H106O5. The normalized spacial score (nSPS) is 13.0. The van der Waals surface area contributed by atoms with E-state index in [4.69, 9.17) is 14.2 Å². The van der Waals surface area contributed by atoms with Crippen LogP contribution in [-0.4, -0.2) is 37.9 Å². The molecule has 0 aliphatic carbocycles. The fraction of sp³-hybridized carbons (Fsp3) is 0.683. The molecule has 388 valence electrons. The first-order chi connectivity index (χ1) is 33.6. The fourth-order valence-electron chi connectivity index (χ4n) is 7.60. The van der Waals surface area contributed by atoms with Crippen LogP contribution in [0.5, 0.6) is 0 Å². The first kappa shape index (κ1) is 64.6. The molecule has 0 fully saturated rings. The van der Waals surface area contributed by atoms with Crippen molar-refractivity contribution in [2.45, 2.75) is 258 Å². The number of rotatable bonds is 51. The number of carbonyl (C=O) groups excluding carboxylic acids is 2. The molecular weight excluding hydrogens is 837 g/mol. The van der Waals surface area contributed by atoms with E-state index < -0.39 is 6.10 Å². The zero-order chi connectivity index (χ0) is 49.2. The third kappa shape index (κ3) is 55.2. The second-order valence-corrected chi connectivity index (χ2v) is 18.5. The van der Waals surface area contributed by atoms with E-state index in [9.17, 15) is 9.59 Å². The average molecular weight is 944 g/mol. The lowest BCUT2D eigenvalue weighted by Gasteiger charge is -2.18. The molecule has 0 aromatic heterocycles. The molecule has 0 bridgehead atoms. The Hall–Kier alpha value is -3.44. The molecule has 5 nitrogen and oxygen atoms in total. The molecule has 0 rings (SSSR count). The van der Waals surface area contributed by atoms with Gasteiger partial charge in [0, 0.05) is 19.4 Å². The standard InChI is InChI=1S/C63H106O5/c1-4-7-10-13-16-19-22-25-28-30-32-34-36-38-41-44-47-50-53-56-62(64)67-60-61(59-66-58-55-52-49-46-43-40-27-24-21-18-15-12-9-6-3)68-63(65)57-54-51-48-45-42-39-37-35-33-31-29-26-23-20-17-14-11-8-5-2/h7,10,16-17,19-20,25-26,28-29,32-35,38,41,47,50,61H,4-6,8-9,11-15,18,21-24,27,30-31,36-37,39-40,42-46,48-49,51-60H2,1-3H3/b10-7-,19-16-,20-17-,28-25-,29-26-,34-32-,35-33-,41-38-,50-47-. The molecule has 0 spiro atoms. The minimum absolute atomic E-state index is 0.0360. The summed E-state index contributed by atoms with van der Waals surface area (Å²) in [7, 11) is 0. The smallest absolute Gasteiger partial charge is 0.306 e. The van der Waals surface area contributed by atoms with Gasteiger partial charge in [0.1, 0.15) is 6.61 Å². The third-order valence-electron chi connectivity index (χ3n) is 11.8. The summed E-state index contributed by atoms with van der Waals surface area (Å²) in [6, 6.07) is 0. The van der Waals surface area contributed by atoms with Crippen molar-refractivity contribution in [3.8, 4) is 0 Å². The molecule has 0 aliphatic heterocycles. The lowest BCUT2D eigenvalue weighted by atomic mass is 10.0. The van der Waals surface area contributed by atoms with Crippen LogP contribution in [0.3, 0.4) is 0 Å². The van der Waals surface area contributed by atoms with Gasteiger partial charge in [-0.2, -0.15) is 0 Å². The second kappa shape index (κ2) is 57.9. The van der Waals surface area contributed by atoms with E-state index in [-0.39, 0.29) is 25.2 Å². The van der Waals surface area contributed by atoms with Crippen LogP contribution in [-0.2, 0) is 23.8 Å². The SMILES string of the molecule is CC/C=C\C/C=C\C/C=C\C/C=C\C/C=C\C/C=C\CCC(=O)OCC(COCCCCCCCCCCCCCCCC)OC(=O)CCCCCCCC/C=C\C/C=C\C/C=C\CCCCC. The second-order valence-electron chi connectivity index (χ2n) is 18.5. The molecule has 1 unspecified atom stereocenters. The molecule has 1 atom stereocenters. The molecule has 0 aromatic rings. The predicted molar refractivity (Wildman–Crippen MR) is 297 cm³/mol. The molecule has 0 saturated heterocycles. The van der Waals surface area contributed by atoms with E-state index in [0.29, 0.717) is 25.9 Å². The Morgan fingerprint density at radius 1 is 0.338 bits per heavy atom. The Kier molecular flexibility index (Phi) is 54.9. The van der Waals surface area contributed by atoms with Gasteiger partial charge >= 0.3 is 11.9 Å². The zero-order valence-electron chi connectivity index (χ0n) is 44.6. The number of hydrogen-bond acceptors (Lipinski definition) is 5. The van der Waals surface area contributed by atoms with Gasteiger partial charge in [0.25, 0.3) is 0 Å². The summed E-state index contributed by atoms with van der Waals surface area (Å²) in [5.74, 6) is -0.507. The topological polar surface area (TPSA) is 61.8 Å². The summed E-state index contributed by atoms with van der Waals surface area (Å²) in [5.41, 5.74) is 0. The Labute approximate surface area is 421 Å². The van der Waals surface area contributed by atoms with Crippen LogP contribution >= 0.6 is 0 Å². The van der Waals surface area contributed by atoms with Gasteiger partial charge in [-0.25, -0.2) is 0 Å². The maximum atomic E-state index is 12.9. The van der Waals surface area contributed by atoms with E-state index >= 15 is 0 Å². The largest absolute Gasteiger partial charge is 0.462 e. The highest BCUT2D eigenvalue weighted by Crippen LogP contribution is 2.14. The number of hydrogen-bond donors (Lipinski definition) is 0. The quantitative estimate of drug-likeness (QED) is 0.0345. The van der Waals surface area contributed by atoms with Crippen LogP contribution in [0.2, 0.25) is 0 Å². The molecule has 0 heterocycles. The Bertz CT molecular complexity index is 1340. The van der Waals surface area contributed by atoms with E-state index in [0.717, 1.165) is 89.9 Å². The summed E-state index contributed by atoms with van der Waals surface area (Å²) in [4.78, 5) is 25.5. The van der Waals surface area contributed by atoms with Crippen molar-refractivity contribution in [2.24, 2.45) is 0 Å². The molecule has 68 heavy (non-hydrogen) atoms. The molecule has 0 saturated carbocycles. The highest BCUT2D eigenvalue weighted by molar-refractivity contribution is 5.70. The van der Waals surface area contributed by atoms with Crippen LogP contribution < -0.4 is 0 Å². The molecule has 0 aliphatic rings. The van der Waals surface area contributed by atoms with E-state index in [2.05, 4.69) is 124 Å². The zero-order valence-corrected chi connectivity index (χ0v) is 44.6. The summed E-state index contributed by atoms with van der Waals surface area (Å²) >= 11 is 0. The Balaban J connectivity index is 4.42. The van der Waals surface area contributed by atoms with Gasteiger partial charge in [0.2, 0.25) is 0 Å². The van der Waals surface area contributed by atoms with Crippen LogP contribution in [0.1, 0.15) is 252 Å². The summed E-state index contributed by atoms with van der Waals surface area (Å²) in [5, 5.41) is 0. The molecule has 0 amide bonds. The number of unbranched alkanes of at least 4 members (excludes halogenated alkanes) is 22. The highest BCUT2D eigenvalue weighted by atomic mass is 16.6. The Morgan fingerprint density at radius 2 is 0.691 bits per heavy atom. The molecule has 5 heteroatoms. The first-order valence-electron chi connectivity index (χ1n) is 28.4. The van der Waals surface area contributed by atoms with Crippen molar-refractivity contribution in [3.63, 3.8) is 0 Å². The maximum Gasteiger partial charge on any atom is 0.306 e. The molecule has 0 N–H and O–H groups in total. The lowest BCUT2D eigenvalue weighted by molar-refractivity contribution is -0.162. The van der Waals surface area contributed by atoms with Crippen LogP contribution in [0.4, 0.5) is 0 Å². The van der Waals surface area contributed by atoms with Gasteiger partial charge < -0.3 is 14.2 Å². The highest BCUT2D eigenvalue weighted by Gasteiger charge is 2.17. The van der Waals surface area contributed by atoms with Gasteiger partial charge in [-0.05, 0) is 96.3 Å². The number of ether oxygens (including phenoxy) is 3. The maximum absolute atomic E-state index is 12.9. The van der Waals surface area contributed by atoms with Gasteiger partial charge in [-0.15, -0.1) is 0 Å². The predicted octanol–water partition coefficient (Wildman–Crippen LogP) is 19.6. The van der Waals surface area contributed by atoms with Crippen molar-refractivity contribution in [3.05, 3.63) is 109 Å². The van der Waals surface area contributed by atoms with E-state index in [1.807, 2.05) is 6.08 Å². The summed E-state index contributed by atoms with van der Waals surface area (Å²) in [6.45, 7) is 7.61. The monoisotopic (exact) mass is 943 g/mol. The third-order valence-corrected chi connectivity index (χ3v) is 11.8. The summed E-state index contributed by atoms with van der Waals surface area (Å²) < 4.78 is 17.4. The van der Waals surface area contributed by atoms with Crippen molar-refractivity contribution < 1.29 is 23.8 Å². The first-order valence-corrected chi connectivity index (χ1v) is 28.4. The number of esters is 2. The van der Waals surface area contributed by atoms with Gasteiger partial charge in [0.05, 0.1) is 6.61 Å². The number of allylic oxidation sites excluding steroid dienone is 18. The lowest BCUT2D eigenvalue weighted by Crippen LogP contribution is -2.30. The van der Waals surface area contributed by atoms with Gasteiger partial charge in [0.15, 0.2) is 6.10 Å². The van der Waals surface area contributed by atoms with Crippen molar-refractivity contribution in [2.75, 3.05) is 19.8 Å². The number of carbonyl (C=O) groups is 2. The van der Waals surface area contributed by atoms with Crippen molar-refractivity contribution in [1.82, 2.24) is 0 Å². The van der Waals surface area contributed by atoms with Crippen LogP contribution in [0.15, 0.2) is 109 Å². The Morgan fingerprint density at radius 3 is 1.15 bits per heavy atom. The minimum Gasteiger partial charge on any atom is -0.462 e. The van der Waals surface area contributed by atoms with Gasteiger partial charge in [-0.1, -0.05) is 252 Å². The molecule has 0 aromatic carbocycles. The molecule has 0 radical (unpaired) electrons. The van der Waals surface area contributed by atoms with Crippen molar-refractivity contribution >= 4 is 11.9 Å². The van der Waals surface area contributed by atoms with Crippen LogP contribution in [0, 0.1) is 0 Å². The summed E-state index contributed by atoms with van der Waals surface area (Å²) in [6.07, 6.45) is 79.7. The fourth-order valence-corrected chi connectivity index (χ4v) is 7.60. The van der Waals surface area contributed by atoms with Crippen LogP contribution in [0.25, 0.3) is 0 Å². The van der Waals surface area contributed by atoms with E-state index in [1.54, 1.807) is 0 Å². The van der Waals surface area contributed by atoms with Gasteiger partial charge in [-0.3, -0.25) is 9.59 Å². The van der Waals surface area contributed by atoms with E-state index in [1.165, 1.54) is 122 Å². The minimum atomic E-state index is -0.579.